The number of thioether (sulfide) groups is 1. The lowest BCUT2D eigenvalue weighted by atomic mass is 10.0. The topological polar surface area (TPSA) is 199 Å². The molecule has 1 unspecified atom stereocenters. The second-order valence-corrected chi connectivity index (χ2v) is 17.0. The number of hydrogen-bond acceptors (Lipinski definition) is 14. The van der Waals surface area contributed by atoms with E-state index in [1.165, 1.54) is 6.08 Å². The number of methoxy groups -OCH3 is 1. The number of ether oxygens (including phenoxy) is 4. The average molecular weight is 934 g/mol. The molecule has 5 aromatic rings. The molecule has 0 spiro atoms. The lowest BCUT2D eigenvalue weighted by Crippen LogP contribution is -2.52. The summed E-state index contributed by atoms with van der Waals surface area (Å²) >= 11 is 1.58. The molecule has 67 heavy (non-hydrogen) atoms. The Morgan fingerprint density at radius 3 is 2.51 bits per heavy atom. The monoisotopic (exact) mass is 933 g/mol. The molecule has 2 aromatic heterocycles. The third kappa shape index (κ3) is 11.8. The van der Waals surface area contributed by atoms with Crippen LogP contribution in [0.3, 0.4) is 0 Å². The van der Waals surface area contributed by atoms with E-state index in [2.05, 4.69) is 44.2 Å². The first-order valence-electron chi connectivity index (χ1n) is 21.8. The smallest absolute Gasteiger partial charge is 0.255 e. The first kappa shape index (κ1) is 48.1. The van der Waals surface area contributed by atoms with Crippen LogP contribution in [0.2, 0.25) is 0 Å². The van der Waals surface area contributed by atoms with Crippen molar-refractivity contribution in [2.45, 2.75) is 30.3 Å². The van der Waals surface area contributed by atoms with Gasteiger partial charge in [-0.3, -0.25) is 29.3 Å². The van der Waals surface area contributed by atoms with E-state index in [0.29, 0.717) is 92.6 Å². The molecule has 352 valence electrons. The van der Waals surface area contributed by atoms with Crippen LogP contribution in [0.1, 0.15) is 28.8 Å². The number of aryl methyl sites for hydroxylation is 1. The van der Waals surface area contributed by atoms with Gasteiger partial charge in [-0.05, 0) is 48.4 Å². The van der Waals surface area contributed by atoms with Crippen molar-refractivity contribution in [3.63, 3.8) is 0 Å². The van der Waals surface area contributed by atoms with E-state index in [0.717, 1.165) is 32.6 Å². The lowest BCUT2D eigenvalue weighted by molar-refractivity contribution is -0.137. The number of imide groups is 1. The largest absolute Gasteiger partial charge is 0.494 e. The molecule has 7 rings (SSSR count). The minimum atomic E-state index is -0.653. The lowest BCUT2D eigenvalue weighted by Gasteiger charge is -2.29. The Kier molecular flexibility index (Phi) is 16.2. The number of nitrogens with zero attached hydrogens (tertiary/aromatic N) is 6. The van der Waals surface area contributed by atoms with Crippen LogP contribution in [-0.4, -0.2) is 140 Å². The van der Waals surface area contributed by atoms with Crippen molar-refractivity contribution in [3.05, 3.63) is 96.8 Å². The van der Waals surface area contributed by atoms with Gasteiger partial charge in [0.25, 0.3) is 5.91 Å². The van der Waals surface area contributed by atoms with Crippen LogP contribution in [-0.2, 0) is 47.0 Å². The van der Waals surface area contributed by atoms with Gasteiger partial charge in [0.1, 0.15) is 18.4 Å². The number of amides is 5. The van der Waals surface area contributed by atoms with Crippen molar-refractivity contribution in [1.82, 2.24) is 29.7 Å². The number of carbonyl (C=O) groups excluding carboxylic acids is 5. The van der Waals surface area contributed by atoms with Gasteiger partial charge in [-0.15, -0.1) is 11.8 Å². The summed E-state index contributed by atoms with van der Waals surface area (Å²) < 4.78 is 24.8. The van der Waals surface area contributed by atoms with Gasteiger partial charge in [-0.2, -0.15) is 0 Å². The standard InChI is InChI=1S/C48H55N9O9S/c1-6-43(58)50-36-26-37(52-48-49-17-16-35(51-48)33-28-56(4)38-12-8-7-10-31(33)38)41(63-5)27-40(36)54(2)18-19-55(3)45(60)30-66-23-22-64-20-21-65-24-25-67-42-13-9-11-32-34(42)29-57(47(32)62)39-14-15-44(59)53-46(39)61/h6-13,16-17,26-28,39H,1,14-15,18-25,29-30H2,2-5H3,(H,50,58)(H,49,51,52)(H,53,59,61). The van der Waals surface area contributed by atoms with Gasteiger partial charge < -0.3 is 48.8 Å². The Labute approximate surface area is 393 Å². The predicted octanol–water partition coefficient (Wildman–Crippen LogP) is 5.01. The molecule has 19 heteroatoms. The number of fused-ring (bicyclic) bond motifs is 2. The third-order valence-electron chi connectivity index (χ3n) is 11.4. The van der Waals surface area contributed by atoms with Gasteiger partial charge in [0.2, 0.25) is 29.6 Å². The second-order valence-electron chi connectivity index (χ2n) is 15.9. The molecule has 4 heterocycles. The van der Waals surface area contributed by atoms with Crippen molar-refractivity contribution in [3.8, 4) is 17.0 Å². The molecular formula is C48H55N9O9S. The fourth-order valence-electron chi connectivity index (χ4n) is 7.83. The highest BCUT2D eigenvalue weighted by Crippen LogP contribution is 2.39. The van der Waals surface area contributed by atoms with Gasteiger partial charge in [0.15, 0.2) is 0 Å². The van der Waals surface area contributed by atoms with Crippen LogP contribution in [0.25, 0.3) is 22.2 Å². The Morgan fingerprint density at radius 2 is 1.73 bits per heavy atom. The van der Waals surface area contributed by atoms with Crippen LogP contribution in [0.15, 0.2) is 90.6 Å². The van der Waals surface area contributed by atoms with E-state index in [-0.39, 0.29) is 37.4 Å². The van der Waals surface area contributed by atoms with Crippen LogP contribution in [0, 0.1) is 0 Å². The number of likely N-dealkylation sites (N-methyl/N-ethyl adjacent to an activating group) is 2. The Hall–Kier alpha value is -6.80. The van der Waals surface area contributed by atoms with E-state index in [1.54, 1.807) is 60.1 Å². The highest BCUT2D eigenvalue weighted by molar-refractivity contribution is 7.99. The maximum absolute atomic E-state index is 13.1. The Morgan fingerprint density at radius 1 is 0.955 bits per heavy atom. The normalized spacial score (nSPS) is 14.5. The van der Waals surface area contributed by atoms with E-state index in [4.69, 9.17) is 23.9 Å². The summed E-state index contributed by atoms with van der Waals surface area (Å²) in [4.78, 5) is 77.9. The molecule has 2 aliphatic heterocycles. The van der Waals surface area contributed by atoms with E-state index >= 15 is 0 Å². The Balaban J connectivity index is 0.815. The summed E-state index contributed by atoms with van der Waals surface area (Å²) in [5.41, 5.74) is 5.92. The number of carbonyl (C=O) groups is 5. The summed E-state index contributed by atoms with van der Waals surface area (Å²) in [7, 11) is 7.11. The zero-order valence-electron chi connectivity index (χ0n) is 38.0. The highest BCUT2D eigenvalue weighted by atomic mass is 32.2. The number of anilines is 4. The van der Waals surface area contributed by atoms with Crippen LogP contribution in [0.5, 0.6) is 5.75 Å². The average Bonchev–Trinajstić information content (AvgIpc) is 3.85. The molecule has 0 aliphatic carbocycles. The quantitative estimate of drug-likeness (QED) is 0.0342. The molecule has 1 saturated heterocycles. The van der Waals surface area contributed by atoms with Crippen molar-refractivity contribution in [2.24, 2.45) is 7.05 Å². The number of rotatable bonds is 23. The number of para-hydroxylation sites is 1. The van der Waals surface area contributed by atoms with Crippen molar-refractivity contribution in [1.29, 1.82) is 0 Å². The maximum Gasteiger partial charge on any atom is 0.255 e. The SMILES string of the molecule is C=CC(=O)Nc1cc(Nc2nccc(-c3cn(C)c4ccccc34)n2)c(OC)cc1N(C)CCN(C)C(=O)COCCOCCOCCSc1cccc2c1CN(C1CCC(=O)NC1=O)C2=O. The number of hydrogen-bond donors (Lipinski definition) is 3. The van der Waals surface area contributed by atoms with Gasteiger partial charge in [0, 0.05) is 98.3 Å². The summed E-state index contributed by atoms with van der Waals surface area (Å²) in [5.74, 6) is -0.0568. The molecular weight excluding hydrogens is 879 g/mol. The first-order chi connectivity index (χ1) is 32.4. The number of piperidine rings is 1. The molecule has 2 aliphatic rings. The molecule has 0 bridgehead atoms. The van der Waals surface area contributed by atoms with E-state index in [1.807, 2.05) is 55.5 Å². The van der Waals surface area contributed by atoms with E-state index < -0.39 is 17.9 Å². The maximum atomic E-state index is 13.1. The molecule has 1 fully saturated rings. The molecule has 0 radical (unpaired) electrons. The predicted molar refractivity (Wildman–Crippen MR) is 256 cm³/mol. The van der Waals surface area contributed by atoms with Crippen LogP contribution >= 0.6 is 11.8 Å². The second kappa shape index (κ2) is 22.6. The van der Waals surface area contributed by atoms with Gasteiger partial charge in [0.05, 0.1) is 62.9 Å². The number of nitrogens with one attached hydrogen (secondary N) is 3. The minimum Gasteiger partial charge on any atom is -0.494 e. The number of benzene rings is 3. The van der Waals surface area contributed by atoms with Crippen LogP contribution in [0.4, 0.5) is 23.0 Å². The molecule has 0 saturated carbocycles. The third-order valence-corrected chi connectivity index (χ3v) is 12.5. The summed E-state index contributed by atoms with van der Waals surface area (Å²) in [6, 6.07) is 18.4. The molecule has 18 nitrogen and oxygen atoms in total. The highest BCUT2D eigenvalue weighted by Gasteiger charge is 2.39. The van der Waals surface area contributed by atoms with Crippen LogP contribution < -0.4 is 25.6 Å². The summed E-state index contributed by atoms with van der Waals surface area (Å²) in [5, 5.41) is 9.56. The zero-order valence-corrected chi connectivity index (χ0v) is 38.9. The van der Waals surface area contributed by atoms with Crippen molar-refractivity contribution >= 4 is 75.2 Å². The Bertz CT molecular complexity index is 2640. The minimum absolute atomic E-state index is 0.115. The summed E-state index contributed by atoms with van der Waals surface area (Å²) in [6.07, 6.45) is 5.45. The molecule has 1 atom stereocenters. The van der Waals surface area contributed by atoms with Crippen molar-refractivity contribution in [2.75, 3.05) is 95.2 Å². The summed E-state index contributed by atoms with van der Waals surface area (Å²) in [6.45, 7) is 6.32. The molecule has 5 amide bonds. The van der Waals surface area contributed by atoms with E-state index in [9.17, 15) is 24.0 Å². The first-order valence-corrected chi connectivity index (χ1v) is 22.8. The molecule has 3 aromatic carbocycles. The van der Waals surface area contributed by atoms with Gasteiger partial charge in [-0.25, -0.2) is 9.97 Å². The van der Waals surface area contributed by atoms with Gasteiger partial charge in [-0.1, -0.05) is 30.8 Å². The number of aromatic nitrogens is 3. The fourth-order valence-corrected chi connectivity index (χ4v) is 8.77. The zero-order chi connectivity index (χ0) is 47.5. The van der Waals surface area contributed by atoms with Gasteiger partial charge >= 0.3 is 0 Å². The fraction of sp³-hybridized carbons (Fsp3) is 0.354. The molecule has 3 N–H and O–H groups in total. The van der Waals surface area contributed by atoms with Crippen molar-refractivity contribution < 1.29 is 42.9 Å².